The van der Waals surface area contributed by atoms with Gasteiger partial charge in [0.25, 0.3) is 0 Å². The smallest absolute Gasteiger partial charge is 0.131 e. The number of halogens is 2. The molecule has 0 saturated heterocycles. The van der Waals surface area contributed by atoms with Crippen molar-refractivity contribution in [3.63, 3.8) is 0 Å². The van der Waals surface area contributed by atoms with E-state index in [0.717, 1.165) is 33.6 Å². The van der Waals surface area contributed by atoms with Crippen molar-refractivity contribution >= 4 is 40.0 Å². The third-order valence-electron chi connectivity index (χ3n) is 4.94. The van der Waals surface area contributed by atoms with Gasteiger partial charge in [-0.2, -0.15) is 0 Å². The summed E-state index contributed by atoms with van der Waals surface area (Å²) in [5.41, 5.74) is 6.05. The normalized spacial score (nSPS) is 21.1. The van der Waals surface area contributed by atoms with E-state index in [0.29, 0.717) is 0 Å². The fourth-order valence-electron chi connectivity index (χ4n) is 4.23. The second-order valence-electron chi connectivity index (χ2n) is 6.51. The van der Waals surface area contributed by atoms with Gasteiger partial charge in [-0.15, -0.1) is 0 Å². The molecule has 0 saturated carbocycles. The Morgan fingerprint density at radius 2 is 2.00 bits per heavy atom. The third kappa shape index (κ3) is 1.31. The van der Waals surface area contributed by atoms with E-state index in [-0.39, 0.29) is 5.82 Å². The molecule has 0 N–H and O–H groups in total. The van der Waals surface area contributed by atoms with Gasteiger partial charge in [0.15, 0.2) is 0 Å². The SMILES string of the molecule is CC1=C2c3c(Br)c(c(F)c(C4=CC=CC4)c3C1)[Si]2(C)C. The third-order valence-corrected chi connectivity index (χ3v) is 9.75. The fraction of sp³-hybridized carbons (Fsp3) is 0.294. The number of fused-ring (bicyclic) bond motifs is 1. The number of allylic oxidation sites excluding steroid dienone is 5. The zero-order chi connectivity index (χ0) is 14.2. The van der Waals surface area contributed by atoms with Crippen molar-refractivity contribution < 1.29 is 4.39 Å². The van der Waals surface area contributed by atoms with E-state index in [1.165, 1.54) is 21.9 Å². The van der Waals surface area contributed by atoms with Gasteiger partial charge in [-0.3, -0.25) is 0 Å². The van der Waals surface area contributed by atoms with Crippen LogP contribution in [0.2, 0.25) is 13.1 Å². The van der Waals surface area contributed by atoms with Crippen molar-refractivity contribution in [3.8, 4) is 0 Å². The zero-order valence-electron chi connectivity index (χ0n) is 11.9. The van der Waals surface area contributed by atoms with E-state index in [1.807, 2.05) is 6.08 Å². The maximum atomic E-state index is 15.2. The first-order valence-corrected chi connectivity index (χ1v) is 10.8. The molecule has 1 aromatic carbocycles. The van der Waals surface area contributed by atoms with Gasteiger partial charge in [-0.1, -0.05) is 52.8 Å². The lowest BCUT2D eigenvalue weighted by Gasteiger charge is -2.22. The minimum absolute atomic E-state index is 0.0461. The summed E-state index contributed by atoms with van der Waals surface area (Å²) in [5.74, 6) is 0.0461. The summed E-state index contributed by atoms with van der Waals surface area (Å²) >= 11 is 3.70. The molecule has 3 heteroatoms. The van der Waals surface area contributed by atoms with Gasteiger partial charge in [0.2, 0.25) is 0 Å². The van der Waals surface area contributed by atoms with Crippen molar-refractivity contribution in [3.05, 3.63) is 50.8 Å². The van der Waals surface area contributed by atoms with Gasteiger partial charge in [0.1, 0.15) is 13.9 Å². The molecule has 3 aliphatic rings. The number of hydrogen-bond acceptors (Lipinski definition) is 0. The molecule has 20 heavy (non-hydrogen) atoms. The molecule has 2 bridgehead atoms. The lowest BCUT2D eigenvalue weighted by atomic mass is 9.94. The van der Waals surface area contributed by atoms with Crippen LogP contribution in [0.5, 0.6) is 0 Å². The van der Waals surface area contributed by atoms with E-state index < -0.39 is 8.07 Å². The van der Waals surface area contributed by atoms with Gasteiger partial charge in [0, 0.05) is 10.0 Å². The van der Waals surface area contributed by atoms with Gasteiger partial charge in [-0.05, 0) is 46.8 Å². The Kier molecular flexibility index (Phi) is 2.45. The Bertz CT molecular complexity index is 766. The highest BCUT2D eigenvalue weighted by atomic mass is 79.9. The quantitative estimate of drug-likeness (QED) is 0.645. The molecule has 1 aromatic rings. The summed E-state index contributed by atoms with van der Waals surface area (Å²) in [7, 11) is -1.87. The first kappa shape index (κ1) is 12.8. The molecule has 0 amide bonds. The molecule has 0 fully saturated rings. The maximum absolute atomic E-state index is 15.2. The van der Waals surface area contributed by atoms with E-state index in [9.17, 15) is 0 Å². The Morgan fingerprint density at radius 3 is 2.65 bits per heavy atom. The average molecular weight is 347 g/mol. The highest BCUT2D eigenvalue weighted by Crippen LogP contribution is 2.51. The summed E-state index contributed by atoms with van der Waals surface area (Å²) in [6, 6.07) is 0. The molecular weight excluding hydrogens is 331 g/mol. The lowest BCUT2D eigenvalue weighted by Crippen LogP contribution is -2.42. The van der Waals surface area contributed by atoms with Crippen LogP contribution in [-0.2, 0) is 6.42 Å². The van der Waals surface area contributed by atoms with Crippen LogP contribution in [0.1, 0.15) is 30.0 Å². The van der Waals surface area contributed by atoms with Crippen LogP contribution in [0, 0.1) is 5.82 Å². The van der Waals surface area contributed by atoms with Gasteiger partial charge < -0.3 is 0 Å². The predicted molar refractivity (Wildman–Crippen MR) is 89.2 cm³/mol. The van der Waals surface area contributed by atoms with Crippen molar-refractivity contribution in [2.45, 2.75) is 32.9 Å². The summed E-state index contributed by atoms with van der Waals surface area (Å²) in [6.07, 6.45) is 8.01. The molecule has 2 aliphatic carbocycles. The molecule has 0 atom stereocenters. The molecule has 0 spiro atoms. The molecular formula is C17H16BrFSi. The molecule has 1 heterocycles. The largest absolute Gasteiger partial charge is 0.206 e. The summed E-state index contributed by atoms with van der Waals surface area (Å²) in [6.45, 7) is 6.78. The standard InChI is InChI=1S/C17H16BrFSi/c1-9-8-11-12(10-6-4-5-7-10)15(19)17-14(18)13(11)16(9)20(17,2)3/h4-6H,7-8H2,1-3H3. The Hall–Kier alpha value is -0.933. The number of hydrogen-bond donors (Lipinski definition) is 0. The fourth-order valence-corrected chi connectivity index (χ4v) is 10.2. The summed E-state index contributed by atoms with van der Waals surface area (Å²) in [5, 5.41) is 2.46. The van der Waals surface area contributed by atoms with Crippen LogP contribution >= 0.6 is 15.9 Å². The van der Waals surface area contributed by atoms with Crippen LogP contribution in [0.3, 0.4) is 0 Å². The molecule has 0 unspecified atom stereocenters. The second-order valence-corrected chi connectivity index (χ2v) is 11.6. The summed E-state index contributed by atoms with van der Waals surface area (Å²) < 4.78 is 16.3. The van der Waals surface area contributed by atoms with Crippen molar-refractivity contribution in [2.75, 3.05) is 0 Å². The van der Waals surface area contributed by atoms with Crippen molar-refractivity contribution in [1.82, 2.24) is 0 Å². The first-order valence-electron chi connectivity index (χ1n) is 7.05. The molecule has 0 aromatic heterocycles. The Labute approximate surface area is 128 Å². The minimum atomic E-state index is -1.87. The van der Waals surface area contributed by atoms with E-state index >= 15 is 4.39 Å². The Balaban J connectivity index is 2.12. The van der Waals surface area contributed by atoms with E-state index in [2.05, 4.69) is 48.1 Å². The zero-order valence-corrected chi connectivity index (χ0v) is 14.5. The van der Waals surface area contributed by atoms with E-state index in [4.69, 9.17) is 0 Å². The molecule has 0 nitrogen and oxygen atoms in total. The van der Waals surface area contributed by atoms with Crippen molar-refractivity contribution in [1.29, 1.82) is 0 Å². The van der Waals surface area contributed by atoms with Gasteiger partial charge in [0.05, 0.1) is 0 Å². The van der Waals surface area contributed by atoms with Gasteiger partial charge in [-0.25, -0.2) is 4.39 Å². The average Bonchev–Trinajstić information content (AvgIpc) is 2.99. The van der Waals surface area contributed by atoms with Crippen LogP contribution in [0.4, 0.5) is 4.39 Å². The topological polar surface area (TPSA) is 0 Å². The predicted octanol–water partition coefficient (Wildman–Crippen LogP) is 4.73. The summed E-state index contributed by atoms with van der Waals surface area (Å²) in [4.78, 5) is 0. The highest BCUT2D eigenvalue weighted by Gasteiger charge is 2.48. The number of benzene rings is 1. The molecule has 4 rings (SSSR count). The molecule has 0 radical (unpaired) electrons. The number of rotatable bonds is 1. The Morgan fingerprint density at radius 1 is 1.25 bits per heavy atom. The van der Waals surface area contributed by atoms with Crippen LogP contribution in [0.25, 0.3) is 10.8 Å². The van der Waals surface area contributed by atoms with Crippen LogP contribution < -0.4 is 5.19 Å². The van der Waals surface area contributed by atoms with Gasteiger partial charge >= 0.3 is 0 Å². The maximum Gasteiger partial charge on any atom is 0.131 e. The second kappa shape index (κ2) is 3.83. The highest BCUT2D eigenvalue weighted by molar-refractivity contribution is 9.10. The monoisotopic (exact) mass is 346 g/mol. The van der Waals surface area contributed by atoms with Crippen LogP contribution in [-0.4, -0.2) is 8.07 Å². The first-order chi connectivity index (χ1) is 9.44. The molecule has 1 aliphatic heterocycles. The van der Waals surface area contributed by atoms with Crippen molar-refractivity contribution in [2.24, 2.45) is 0 Å². The van der Waals surface area contributed by atoms with E-state index in [1.54, 1.807) is 0 Å². The molecule has 102 valence electrons. The lowest BCUT2D eigenvalue weighted by molar-refractivity contribution is 0.628. The van der Waals surface area contributed by atoms with Crippen LogP contribution in [0.15, 0.2) is 28.3 Å². The minimum Gasteiger partial charge on any atom is -0.206 e.